The number of thiocarbonyl (C=S) groups is 1. The van der Waals surface area contributed by atoms with Crippen molar-refractivity contribution in [2.75, 3.05) is 6.54 Å². The van der Waals surface area contributed by atoms with E-state index in [1.54, 1.807) is 24.4 Å². The number of benzene rings is 1. The zero-order valence-electron chi connectivity index (χ0n) is 16.9. The van der Waals surface area contributed by atoms with Crippen molar-refractivity contribution >= 4 is 51.9 Å². The van der Waals surface area contributed by atoms with E-state index < -0.39 is 23.3 Å². The molecule has 0 bridgehead atoms. The van der Waals surface area contributed by atoms with Gasteiger partial charge in [-0.05, 0) is 48.9 Å². The monoisotopic (exact) mass is 485 g/mol. The van der Waals surface area contributed by atoms with Crippen LogP contribution in [0.2, 0.25) is 0 Å². The third-order valence-electron chi connectivity index (χ3n) is 4.68. The first kappa shape index (κ1) is 22.6. The summed E-state index contributed by atoms with van der Waals surface area (Å²) in [4.78, 5) is 42.7. The van der Waals surface area contributed by atoms with E-state index in [4.69, 9.17) is 22.1 Å². The average molecular weight is 486 g/mol. The molecule has 1 saturated heterocycles. The molecule has 0 saturated carbocycles. The maximum Gasteiger partial charge on any atom is 0.303 e. The van der Waals surface area contributed by atoms with Gasteiger partial charge in [-0.1, -0.05) is 30.0 Å². The van der Waals surface area contributed by atoms with Gasteiger partial charge in [0.05, 0.1) is 4.91 Å². The summed E-state index contributed by atoms with van der Waals surface area (Å²) in [6.07, 6.45) is 3.06. The van der Waals surface area contributed by atoms with E-state index in [0.717, 1.165) is 11.8 Å². The molecule has 0 aliphatic carbocycles. The molecule has 1 amide bonds. The summed E-state index contributed by atoms with van der Waals surface area (Å²) in [5.74, 6) is -1.62. The van der Waals surface area contributed by atoms with Crippen molar-refractivity contribution in [1.29, 1.82) is 0 Å². The normalized spacial score (nSPS) is 14.9. The summed E-state index contributed by atoms with van der Waals surface area (Å²) in [5, 5.41) is 8.82. The number of rotatable bonds is 7. The molecule has 3 heterocycles. The molecule has 0 atom stereocenters. The van der Waals surface area contributed by atoms with Crippen molar-refractivity contribution in [2.45, 2.75) is 12.8 Å². The molecule has 0 spiro atoms. The number of carbonyl (C=O) groups excluding carboxylic acids is 1. The predicted molar refractivity (Wildman–Crippen MR) is 125 cm³/mol. The van der Waals surface area contributed by atoms with Crippen molar-refractivity contribution < 1.29 is 23.8 Å². The number of pyridine rings is 1. The molecule has 2 aromatic heterocycles. The number of hydrogen-bond acceptors (Lipinski definition) is 7. The zero-order valence-corrected chi connectivity index (χ0v) is 18.6. The summed E-state index contributed by atoms with van der Waals surface area (Å²) < 4.78 is 20.6. The second-order valence-electron chi connectivity index (χ2n) is 6.95. The van der Waals surface area contributed by atoms with Gasteiger partial charge in [-0.3, -0.25) is 23.7 Å². The molecule has 1 aliphatic heterocycles. The Morgan fingerprint density at radius 3 is 2.70 bits per heavy atom. The van der Waals surface area contributed by atoms with Gasteiger partial charge < -0.3 is 9.84 Å². The van der Waals surface area contributed by atoms with Gasteiger partial charge in [0, 0.05) is 19.2 Å². The smallest absolute Gasteiger partial charge is 0.303 e. The standard InChI is InChI=1S/C22H16FN3O5S2/c23-13-6-8-14(9-7-13)31-19-15(20(29)25-10-2-1-4-17(25)24-19)12-16-21(30)26(22(32)33-16)11-3-5-18(27)28/h1-2,4,6-10,12H,3,5,11H2,(H,27,28). The summed E-state index contributed by atoms with van der Waals surface area (Å²) in [5.41, 5.74) is -0.110. The third-order valence-corrected chi connectivity index (χ3v) is 6.06. The highest BCUT2D eigenvalue weighted by atomic mass is 32.2. The number of aliphatic carboxylic acids is 1. The Bertz CT molecular complexity index is 1350. The van der Waals surface area contributed by atoms with Gasteiger partial charge in [-0.2, -0.15) is 4.98 Å². The van der Waals surface area contributed by atoms with Crippen LogP contribution in [0.25, 0.3) is 11.7 Å². The first-order valence-electron chi connectivity index (χ1n) is 9.75. The summed E-state index contributed by atoms with van der Waals surface area (Å²) >= 11 is 6.27. The number of aromatic nitrogens is 2. The molecule has 0 radical (unpaired) electrons. The number of nitrogens with zero attached hydrogens (tertiary/aromatic N) is 3. The molecule has 8 nitrogen and oxygen atoms in total. The van der Waals surface area contributed by atoms with Crippen LogP contribution in [-0.4, -0.2) is 42.1 Å². The maximum absolute atomic E-state index is 13.3. The first-order chi connectivity index (χ1) is 15.8. The lowest BCUT2D eigenvalue weighted by Gasteiger charge is -2.13. The maximum atomic E-state index is 13.3. The molecule has 3 aromatic rings. The van der Waals surface area contributed by atoms with Crippen LogP contribution in [0.5, 0.6) is 11.6 Å². The van der Waals surface area contributed by atoms with Crippen LogP contribution in [0.4, 0.5) is 4.39 Å². The van der Waals surface area contributed by atoms with Gasteiger partial charge in [-0.15, -0.1) is 0 Å². The van der Waals surface area contributed by atoms with E-state index in [-0.39, 0.29) is 45.8 Å². The highest BCUT2D eigenvalue weighted by Crippen LogP contribution is 2.34. The first-order valence-corrected chi connectivity index (χ1v) is 11.0. The van der Waals surface area contributed by atoms with E-state index in [0.29, 0.717) is 5.65 Å². The van der Waals surface area contributed by atoms with E-state index in [1.165, 1.54) is 39.6 Å². The van der Waals surface area contributed by atoms with Crippen LogP contribution >= 0.6 is 24.0 Å². The Kier molecular flexibility index (Phi) is 6.52. The lowest BCUT2D eigenvalue weighted by atomic mass is 10.2. The minimum atomic E-state index is -0.964. The molecule has 4 rings (SSSR count). The minimum Gasteiger partial charge on any atom is -0.481 e. The molecule has 11 heteroatoms. The molecular weight excluding hydrogens is 469 g/mol. The number of thioether (sulfide) groups is 1. The van der Waals surface area contributed by atoms with Gasteiger partial charge in [-0.25, -0.2) is 4.39 Å². The molecule has 1 fully saturated rings. The van der Waals surface area contributed by atoms with Gasteiger partial charge >= 0.3 is 5.97 Å². The van der Waals surface area contributed by atoms with E-state index in [1.807, 2.05) is 0 Å². The van der Waals surface area contributed by atoms with Crippen LogP contribution in [0.15, 0.2) is 58.4 Å². The largest absolute Gasteiger partial charge is 0.481 e. The van der Waals surface area contributed by atoms with Crippen LogP contribution < -0.4 is 10.3 Å². The zero-order chi connectivity index (χ0) is 23.5. The fourth-order valence-electron chi connectivity index (χ4n) is 3.11. The number of fused-ring (bicyclic) bond motifs is 1. The predicted octanol–water partition coefficient (Wildman–Crippen LogP) is 3.69. The molecule has 1 N–H and O–H groups in total. The summed E-state index contributed by atoms with van der Waals surface area (Å²) in [6, 6.07) is 10.2. The Balaban J connectivity index is 1.73. The Hall–Kier alpha value is -3.57. The molecule has 1 aliphatic rings. The van der Waals surface area contributed by atoms with Gasteiger partial charge in [0.1, 0.15) is 27.1 Å². The van der Waals surface area contributed by atoms with Crippen molar-refractivity contribution in [1.82, 2.24) is 14.3 Å². The molecular formula is C22H16FN3O5S2. The quantitative estimate of drug-likeness (QED) is 0.399. The lowest BCUT2D eigenvalue weighted by Crippen LogP contribution is -2.29. The van der Waals surface area contributed by atoms with E-state index in [9.17, 15) is 18.8 Å². The van der Waals surface area contributed by atoms with Gasteiger partial charge in [0.2, 0.25) is 5.88 Å². The molecule has 1 aromatic carbocycles. The van der Waals surface area contributed by atoms with Crippen molar-refractivity contribution in [3.63, 3.8) is 0 Å². The Labute approximate surface area is 196 Å². The average Bonchev–Trinajstić information content (AvgIpc) is 3.05. The second kappa shape index (κ2) is 9.51. The number of carboxylic acids is 1. The highest BCUT2D eigenvalue weighted by molar-refractivity contribution is 8.26. The summed E-state index contributed by atoms with van der Waals surface area (Å²) in [6.45, 7) is 0.155. The van der Waals surface area contributed by atoms with Crippen molar-refractivity contribution in [2.24, 2.45) is 0 Å². The van der Waals surface area contributed by atoms with Gasteiger partial charge in [0.15, 0.2) is 0 Å². The fraction of sp³-hybridized carbons (Fsp3) is 0.136. The number of halogens is 1. The summed E-state index contributed by atoms with van der Waals surface area (Å²) in [7, 11) is 0. The SMILES string of the molecule is O=C(O)CCCN1C(=O)C(=Cc2c(Oc3ccc(F)cc3)nc3ccccn3c2=O)SC1=S. The van der Waals surface area contributed by atoms with Crippen LogP contribution in [0, 0.1) is 5.82 Å². The minimum absolute atomic E-state index is 0.0223. The number of ether oxygens (including phenoxy) is 1. The molecule has 168 valence electrons. The Morgan fingerprint density at radius 1 is 1.21 bits per heavy atom. The topological polar surface area (TPSA) is 101 Å². The molecule has 33 heavy (non-hydrogen) atoms. The number of carbonyl (C=O) groups is 2. The van der Waals surface area contributed by atoms with Crippen molar-refractivity contribution in [3.05, 3.63) is 75.3 Å². The molecule has 0 unspecified atom stereocenters. The van der Waals surface area contributed by atoms with Crippen LogP contribution in [0.1, 0.15) is 18.4 Å². The van der Waals surface area contributed by atoms with Crippen LogP contribution in [0.3, 0.4) is 0 Å². The van der Waals surface area contributed by atoms with Crippen LogP contribution in [-0.2, 0) is 9.59 Å². The Morgan fingerprint density at radius 2 is 1.97 bits per heavy atom. The second-order valence-corrected chi connectivity index (χ2v) is 8.63. The van der Waals surface area contributed by atoms with Crippen molar-refractivity contribution in [3.8, 4) is 11.6 Å². The van der Waals surface area contributed by atoms with Gasteiger partial charge in [0.25, 0.3) is 11.5 Å². The number of hydrogen-bond donors (Lipinski definition) is 1. The number of carboxylic acid groups (broad SMARTS) is 1. The van der Waals surface area contributed by atoms with E-state index in [2.05, 4.69) is 4.98 Å². The lowest BCUT2D eigenvalue weighted by molar-refractivity contribution is -0.137. The highest BCUT2D eigenvalue weighted by Gasteiger charge is 2.32. The third kappa shape index (κ3) is 4.94. The van der Waals surface area contributed by atoms with E-state index >= 15 is 0 Å². The fourth-order valence-corrected chi connectivity index (χ4v) is 4.40. The number of amides is 1.